The van der Waals surface area contributed by atoms with E-state index in [9.17, 15) is 4.79 Å². The number of hydrogen-bond donors (Lipinski definition) is 1. The van der Waals surface area contributed by atoms with E-state index in [-0.39, 0.29) is 11.8 Å². The minimum atomic E-state index is 0.0294. The van der Waals surface area contributed by atoms with Crippen molar-refractivity contribution in [3.8, 4) is 11.1 Å². The lowest BCUT2D eigenvalue weighted by Crippen LogP contribution is -2.43. The predicted octanol–water partition coefficient (Wildman–Crippen LogP) is 4.45. The number of carbonyl (C=O) groups is 1. The van der Waals surface area contributed by atoms with Gasteiger partial charge in [0.1, 0.15) is 0 Å². The Morgan fingerprint density at radius 2 is 1.82 bits per heavy atom. The quantitative estimate of drug-likeness (QED) is 0.653. The van der Waals surface area contributed by atoms with Crippen LogP contribution in [0, 0.1) is 5.92 Å². The third kappa shape index (κ3) is 5.78. The molecular weight excluding hydrogens is 348 g/mol. The molecule has 0 bridgehead atoms. The van der Waals surface area contributed by atoms with E-state index in [1.165, 1.54) is 25.7 Å². The number of hydrogen-bond acceptors (Lipinski definition) is 4. The second kappa shape index (κ2) is 10.8. The maximum atomic E-state index is 12.5. The topological polar surface area (TPSA) is 58.1 Å². The fourth-order valence-corrected chi connectivity index (χ4v) is 3.72. The van der Waals surface area contributed by atoms with Crippen LogP contribution in [0.4, 0.5) is 5.95 Å². The molecule has 3 rings (SSSR count). The molecule has 0 radical (unpaired) electrons. The van der Waals surface area contributed by atoms with E-state index in [0.29, 0.717) is 6.54 Å². The Bertz CT molecular complexity index is 717. The van der Waals surface area contributed by atoms with Crippen molar-refractivity contribution in [2.24, 2.45) is 5.92 Å². The van der Waals surface area contributed by atoms with Crippen LogP contribution in [0.2, 0.25) is 0 Å². The Labute approximate surface area is 168 Å². The summed E-state index contributed by atoms with van der Waals surface area (Å²) in [5.74, 6) is 0.930. The minimum absolute atomic E-state index is 0.0294. The molecule has 0 aliphatic carbocycles. The second-order valence-electron chi connectivity index (χ2n) is 7.63. The Kier molecular flexibility index (Phi) is 7.82. The van der Waals surface area contributed by atoms with E-state index in [1.54, 1.807) is 0 Å². The van der Waals surface area contributed by atoms with E-state index >= 15 is 0 Å². The van der Waals surface area contributed by atoms with Crippen LogP contribution in [0.1, 0.15) is 51.9 Å². The first-order valence-corrected chi connectivity index (χ1v) is 10.7. The molecule has 0 unspecified atom stereocenters. The number of nitrogens with one attached hydrogen (secondary N) is 1. The van der Waals surface area contributed by atoms with Crippen molar-refractivity contribution in [2.45, 2.75) is 51.9 Å². The highest BCUT2D eigenvalue weighted by molar-refractivity contribution is 5.79. The highest BCUT2D eigenvalue weighted by atomic mass is 16.1. The van der Waals surface area contributed by atoms with Gasteiger partial charge in [-0.2, -0.15) is 0 Å². The number of rotatable bonds is 9. The molecule has 2 aromatic rings. The number of aromatic nitrogens is 2. The molecule has 1 aliphatic rings. The number of nitrogens with zero attached hydrogens (tertiary/aromatic N) is 3. The minimum Gasteiger partial charge on any atom is -0.356 e. The summed E-state index contributed by atoms with van der Waals surface area (Å²) in [5.41, 5.74) is 2.13. The van der Waals surface area contributed by atoms with E-state index in [1.807, 2.05) is 30.6 Å². The van der Waals surface area contributed by atoms with Crippen molar-refractivity contribution < 1.29 is 4.79 Å². The van der Waals surface area contributed by atoms with Gasteiger partial charge >= 0.3 is 0 Å². The summed E-state index contributed by atoms with van der Waals surface area (Å²) in [4.78, 5) is 23.8. The molecule has 1 atom stereocenters. The maximum Gasteiger partial charge on any atom is 0.225 e. The molecule has 1 amide bonds. The summed E-state index contributed by atoms with van der Waals surface area (Å²) in [7, 11) is 0. The van der Waals surface area contributed by atoms with Gasteiger partial charge in [0.15, 0.2) is 0 Å². The van der Waals surface area contributed by atoms with E-state index in [0.717, 1.165) is 49.4 Å². The second-order valence-corrected chi connectivity index (χ2v) is 7.63. The SMILES string of the molecule is CCCCCCCNC(=O)[C@@H]1CCCN(c2ncc(-c3ccccc3)cn2)C1. The predicted molar refractivity (Wildman–Crippen MR) is 114 cm³/mol. The van der Waals surface area contributed by atoms with Crippen molar-refractivity contribution in [3.05, 3.63) is 42.7 Å². The Balaban J connectivity index is 1.49. The molecule has 5 heteroatoms. The number of amides is 1. The van der Waals surface area contributed by atoms with Crippen molar-refractivity contribution in [3.63, 3.8) is 0 Å². The van der Waals surface area contributed by atoms with Crippen LogP contribution in [0.3, 0.4) is 0 Å². The van der Waals surface area contributed by atoms with Gasteiger partial charge < -0.3 is 10.2 Å². The molecule has 1 N–H and O–H groups in total. The molecular formula is C23H32N4O. The van der Waals surface area contributed by atoms with Crippen LogP contribution in [-0.4, -0.2) is 35.5 Å². The fourth-order valence-electron chi connectivity index (χ4n) is 3.72. The van der Waals surface area contributed by atoms with Gasteiger partial charge in [0, 0.05) is 37.6 Å². The highest BCUT2D eigenvalue weighted by Crippen LogP contribution is 2.22. The smallest absolute Gasteiger partial charge is 0.225 e. The van der Waals surface area contributed by atoms with Gasteiger partial charge in [-0.1, -0.05) is 62.9 Å². The number of anilines is 1. The van der Waals surface area contributed by atoms with Gasteiger partial charge in [-0.25, -0.2) is 9.97 Å². The lowest BCUT2D eigenvalue weighted by atomic mass is 9.97. The number of carbonyl (C=O) groups excluding carboxylic acids is 1. The normalized spacial score (nSPS) is 16.8. The van der Waals surface area contributed by atoms with E-state index in [2.05, 4.69) is 39.2 Å². The standard InChI is InChI=1S/C23H32N4O/c1-2-3-4-5-9-14-24-22(28)20-13-10-15-27(18-20)23-25-16-21(17-26-23)19-11-7-6-8-12-19/h6-8,11-12,16-17,20H,2-5,9-10,13-15,18H2,1H3,(H,24,28)/t20-/m1/s1. The first-order valence-electron chi connectivity index (χ1n) is 10.7. The van der Waals surface area contributed by atoms with Crippen LogP contribution in [0.25, 0.3) is 11.1 Å². The average molecular weight is 381 g/mol. The van der Waals surface area contributed by atoms with E-state index in [4.69, 9.17) is 0 Å². The van der Waals surface area contributed by atoms with Crippen LogP contribution in [-0.2, 0) is 4.79 Å². The fraction of sp³-hybridized carbons (Fsp3) is 0.522. The molecule has 1 aliphatic heterocycles. The van der Waals surface area contributed by atoms with Gasteiger partial charge in [0.2, 0.25) is 11.9 Å². The molecule has 1 aromatic carbocycles. The summed E-state index contributed by atoms with van der Waals surface area (Å²) < 4.78 is 0. The summed E-state index contributed by atoms with van der Waals surface area (Å²) in [6, 6.07) is 10.1. The zero-order chi connectivity index (χ0) is 19.6. The summed E-state index contributed by atoms with van der Waals surface area (Å²) in [6.45, 7) is 4.62. The van der Waals surface area contributed by atoms with Crippen molar-refractivity contribution >= 4 is 11.9 Å². The summed E-state index contributed by atoms with van der Waals surface area (Å²) >= 11 is 0. The highest BCUT2D eigenvalue weighted by Gasteiger charge is 2.26. The van der Waals surface area contributed by atoms with Crippen LogP contribution in [0.5, 0.6) is 0 Å². The Morgan fingerprint density at radius 1 is 1.07 bits per heavy atom. The van der Waals surface area contributed by atoms with Crippen molar-refractivity contribution in [1.82, 2.24) is 15.3 Å². The Hall–Kier alpha value is -2.43. The average Bonchev–Trinajstić information content (AvgIpc) is 2.77. The van der Waals surface area contributed by atoms with Crippen LogP contribution >= 0.6 is 0 Å². The molecule has 1 saturated heterocycles. The first kappa shape index (κ1) is 20.3. The molecule has 1 fully saturated rings. The van der Waals surface area contributed by atoms with Gasteiger partial charge in [-0.3, -0.25) is 4.79 Å². The molecule has 1 aromatic heterocycles. The van der Waals surface area contributed by atoms with Crippen molar-refractivity contribution in [1.29, 1.82) is 0 Å². The molecule has 150 valence electrons. The number of benzene rings is 1. The zero-order valence-electron chi connectivity index (χ0n) is 16.9. The molecule has 2 heterocycles. The van der Waals surface area contributed by atoms with Crippen LogP contribution < -0.4 is 10.2 Å². The van der Waals surface area contributed by atoms with Gasteiger partial charge in [0.05, 0.1) is 5.92 Å². The lowest BCUT2D eigenvalue weighted by molar-refractivity contribution is -0.125. The monoisotopic (exact) mass is 380 g/mol. The maximum absolute atomic E-state index is 12.5. The van der Waals surface area contributed by atoms with Gasteiger partial charge in [-0.05, 0) is 24.8 Å². The largest absolute Gasteiger partial charge is 0.356 e. The van der Waals surface area contributed by atoms with E-state index < -0.39 is 0 Å². The molecule has 5 nitrogen and oxygen atoms in total. The number of piperidine rings is 1. The molecule has 0 saturated carbocycles. The third-order valence-electron chi connectivity index (χ3n) is 5.40. The summed E-state index contributed by atoms with van der Waals surface area (Å²) in [6.07, 6.45) is 11.8. The third-order valence-corrected chi connectivity index (χ3v) is 5.40. The Morgan fingerprint density at radius 3 is 2.57 bits per heavy atom. The lowest BCUT2D eigenvalue weighted by Gasteiger charge is -2.32. The van der Waals surface area contributed by atoms with Crippen molar-refractivity contribution in [2.75, 3.05) is 24.5 Å². The zero-order valence-corrected chi connectivity index (χ0v) is 16.9. The first-order chi connectivity index (χ1) is 13.8. The van der Waals surface area contributed by atoms with Gasteiger partial charge in [0.25, 0.3) is 0 Å². The molecule has 28 heavy (non-hydrogen) atoms. The molecule has 0 spiro atoms. The van der Waals surface area contributed by atoms with Crippen LogP contribution in [0.15, 0.2) is 42.7 Å². The van der Waals surface area contributed by atoms with Gasteiger partial charge in [-0.15, -0.1) is 0 Å². The summed E-state index contributed by atoms with van der Waals surface area (Å²) in [5, 5.41) is 3.13. The number of unbranched alkanes of at least 4 members (excludes halogenated alkanes) is 4.